The molecule has 1 aromatic heterocycles. The lowest BCUT2D eigenvalue weighted by Gasteiger charge is -2.22. The summed E-state index contributed by atoms with van der Waals surface area (Å²) in [4.78, 5) is 14.6. The van der Waals surface area contributed by atoms with Crippen LogP contribution in [0.1, 0.15) is 59.6 Å². The average molecular weight is 300 g/mol. The SMILES string of the molecule is O=C(O)c1coc(NCc2ccc(C3CCCCC3)cc2)n1. The number of benzene rings is 1. The maximum Gasteiger partial charge on any atom is 0.357 e. The van der Waals surface area contributed by atoms with Crippen molar-refractivity contribution in [1.82, 2.24) is 4.98 Å². The van der Waals surface area contributed by atoms with Crippen LogP contribution in [0.4, 0.5) is 6.01 Å². The number of rotatable bonds is 5. The van der Waals surface area contributed by atoms with E-state index in [1.165, 1.54) is 37.7 Å². The number of aromatic carboxylic acids is 1. The Bertz CT molecular complexity index is 628. The van der Waals surface area contributed by atoms with Gasteiger partial charge in [0.05, 0.1) is 0 Å². The Balaban J connectivity index is 1.57. The van der Waals surface area contributed by atoms with Crippen LogP contribution in [-0.4, -0.2) is 16.1 Å². The number of carboxylic acid groups (broad SMARTS) is 1. The van der Waals surface area contributed by atoms with Crippen LogP contribution in [0.3, 0.4) is 0 Å². The molecule has 2 aromatic rings. The fraction of sp³-hybridized carbons (Fsp3) is 0.412. The number of aromatic nitrogens is 1. The number of hydrogen-bond donors (Lipinski definition) is 2. The first kappa shape index (κ1) is 14.6. The Morgan fingerprint density at radius 3 is 2.59 bits per heavy atom. The highest BCUT2D eigenvalue weighted by Gasteiger charge is 2.15. The second-order valence-corrected chi connectivity index (χ2v) is 5.77. The Labute approximate surface area is 129 Å². The van der Waals surface area contributed by atoms with Crippen molar-refractivity contribution in [3.8, 4) is 0 Å². The fourth-order valence-electron chi connectivity index (χ4n) is 2.97. The largest absolute Gasteiger partial charge is 0.476 e. The predicted octanol–water partition coefficient (Wildman–Crippen LogP) is 4.03. The van der Waals surface area contributed by atoms with Gasteiger partial charge in [0.15, 0.2) is 5.69 Å². The highest BCUT2D eigenvalue weighted by Crippen LogP contribution is 2.32. The van der Waals surface area contributed by atoms with E-state index in [0.717, 1.165) is 11.8 Å². The minimum absolute atomic E-state index is 0.0878. The molecule has 0 aliphatic heterocycles. The average Bonchev–Trinajstić information content (AvgIpc) is 3.04. The molecule has 116 valence electrons. The van der Waals surface area contributed by atoms with Gasteiger partial charge in [0.25, 0.3) is 6.01 Å². The Hall–Kier alpha value is -2.30. The van der Waals surface area contributed by atoms with Crippen LogP contribution in [0.15, 0.2) is 34.9 Å². The summed E-state index contributed by atoms with van der Waals surface area (Å²) in [5.74, 6) is -0.380. The molecular formula is C17H20N2O3. The van der Waals surface area contributed by atoms with Crippen LogP contribution in [-0.2, 0) is 6.54 Å². The van der Waals surface area contributed by atoms with Crippen molar-refractivity contribution in [2.75, 3.05) is 5.32 Å². The number of hydrogen-bond acceptors (Lipinski definition) is 4. The number of anilines is 1. The van der Waals surface area contributed by atoms with E-state index >= 15 is 0 Å². The first-order chi connectivity index (χ1) is 10.7. The van der Waals surface area contributed by atoms with Gasteiger partial charge in [-0.25, -0.2) is 4.79 Å². The molecule has 5 nitrogen and oxygen atoms in total. The molecule has 2 N–H and O–H groups in total. The number of carbonyl (C=O) groups is 1. The highest BCUT2D eigenvalue weighted by molar-refractivity contribution is 5.85. The summed E-state index contributed by atoms with van der Waals surface area (Å²) >= 11 is 0. The molecule has 0 atom stereocenters. The molecule has 0 amide bonds. The second kappa shape index (κ2) is 6.64. The second-order valence-electron chi connectivity index (χ2n) is 5.77. The Kier molecular flexibility index (Phi) is 4.42. The molecule has 5 heteroatoms. The number of oxazole rings is 1. The zero-order chi connectivity index (χ0) is 15.4. The molecule has 22 heavy (non-hydrogen) atoms. The quantitative estimate of drug-likeness (QED) is 0.871. The van der Waals surface area contributed by atoms with Crippen LogP contribution in [0.5, 0.6) is 0 Å². The zero-order valence-electron chi connectivity index (χ0n) is 12.4. The van der Waals surface area contributed by atoms with Gasteiger partial charge in [-0.3, -0.25) is 0 Å². The Morgan fingerprint density at radius 2 is 1.95 bits per heavy atom. The molecule has 1 aliphatic rings. The van der Waals surface area contributed by atoms with Crippen LogP contribution in [0.2, 0.25) is 0 Å². The molecule has 0 bridgehead atoms. The van der Waals surface area contributed by atoms with E-state index < -0.39 is 5.97 Å². The van der Waals surface area contributed by atoms with Gasteiger partial charge < -0.3 is 14.8 Å². The minimum atomic E-state index is -1.09. The number of nitrogens with zero attached hydrogens (tertiary/aromatic N) is 1. The van der Waals surface area contributed by atoms with E-state index in [9.17, 15) is 4.79 Å². The maximum atomic E-state index is 10.7. The normalized spacial score (nSPS) is 15.6. The highest BCUT2D eigenvalue weighted by atomic mass is 16.4. The van der Waals surface area contributed by atoms with E-state index in [2.05, 4.69) is 34.6 Å². The summed E-state index contributed by atoms with van der Waals surface area (Å²) in [5, 5.41) is 11.8. The molecule has 0 spiro atoms. The van der Waals surface area contributed by atoms with E-state index in [1.54, 1.807) is 0 Å². The molecule has 1 heterocycles. The molecule has 1 fully saturated rings. The van der Waals surface area contributed by atoms with Crippen molar-refractivity contribution in [2.45, 2.75) is 44.6 Å². The van der Waals surface area contributed by atoms with Gasteiger partial charge >= 0.3 is 5.97 Å². The van der Waals surface area contributed by atoms with Gasteiger partial charge in [0.2, 0.25) is 0 Å². The lowest BCUT2D eigenvalue weighted by Crippen LogP contribution is -2.05. The van der Waals surface area contributed by atoms with Gasteiger partial charge in [-0.15, -0.1) is 0 Å². The van der Waals surface area contributed by atoms with Crippen LogP contribution >= 0.6 is 0 Å². The smallest absolute Gasteiger partial charge is 0.357 e. The summed E-state index contributed by atoms with van der Waals surface area (Å²) in [6.07, 6.45) is 7.77. The first-order valence-electron chi connectivity index (χ1n) is 7.74. The monoisotopic (exact) mass is 300 g/mol. The van der Waals surface area contributed by atoms with Crippen LogP contribution in [0.25, 0.3) is 0 Å². The third kappa shape index (κ3) is 3.47. The van der Waals surface area contributed by atoms with Gasteiger partial charge in [-0.1, -0.05) is 43.5 Å². The van der Waals surface area contributed by atoms with Crippen LogP contribution in [0, 0.1) is 0 Å². The molecule has 0 saturated heterocycles. The van der Waals surface area contributed by atoms with Crippen molar-refractivity contribution in [3.05, 3.63) is 47.3 Å². The van der Waals surface area contributed by atoms with Gasteiger partial charge in [0.1, 0.15) is 6.26 Å². The molecule has 3 rings (SSSR count). The summed E-state index contributed by atoms with van der Waals surface area (Å²) in [6.45, 7) is 0.560. The third-order valence-electron chi connectivity index (χ3n) is 4.22. The van der Waals surface area contributed by atoms with Crippen molar-refractivity contribution in [2.24, 2.45) is 0 Å². The molecule has 1 aliphatic carbocycles. The standard InChI is InChI=1S/C17H20N2O3/c20-16(21)15-11-22-17(19-15)18-10-12-6-8-14(9-7-12)13-4-2-1-3-5-13/h6-9,11,13H,1-5,10H2,(H,18,19)(H,20,21). The lowest BCUT2D eigenvalue weighted by atomic mass is 9.84. The van der Waals surface area contributed by atoms with Crippen molar-refractivity contribution in [3.63, 3.8) is 0 Å². The summed E-state index contributed by atoms with van der Waals surface area (Å²) in [5.41, 5.74) is 2.46. The van der Waals surface area contributed by atoms with Crippen molar-refractivity contribution in [1.29, 1.82) is 0 Å². The molecule has 0 radical (unpaired) electrons. The number of carboxylic acids is 1. The van der Waals surface area contributed by atoms with Crippen molar-refractivity contribution < 1.29 is 14.3 Å². The minimum Gasteiger partial charge on any atom is -0.476 e. The van der Waals surface area contributed by atoms with E-state index in [1.807, 2.05) is 0 Å². The molecule has 1 aromatic carbocycles. The van der Waals surface area contributed by atoms with Gasteiger partial charge in [0, 0.05) is 6.54 Å². The predicted molar refractivity (Wildman–Crippen MR) is 83.1 cm³/mol. The van der Waals surface area contributed by atoms with Crippen LogP contribution < -0.4 is 5.32 Å². The summed E-state index contributed by atoms with van der Waals surface area (Å²) < 4.78 is 5.06. The van der Waals surface area contributed by atoms with Gasteiger partial charge in [-0.05, 0) is 29.9 Å². The fourth-order valence-corrected chi connectivity index (χ4v) is 2.97. The summed E-state index contributed by atoms with van der Waals surface area (Å²) in [6, 6.07) is 8.85. The molecular weight excluding hydrogens is 280 g/mol. The van der Waals surface area contributed by atoms with E-state index in [4.69, 9.17) is 9.52 Å². The lowest BCUT2D eigenvalue weighted by molar-refractivity contribution is 0.0690. The van der Waals surface area contributed by atoms with E-state index in [-0.39, 0.29) is 11.7 Å². The van der Waals surface area contributed by atoms with E-state index in [0.29, 0.717) is 12.5 Å². The maximum absolute atomic E-state index is 10.7. The third-order valence-corrected chi connectivity index (χ3v) is 4.22. The molecule has 0 unspecified atom stereocenters. The first-order valence-corrected chi connectivity index (χ1v) is 7.74. The van der Waals surface area contributed by atoms with Gasteiger partial charge in [-0.2, -0.15) is 4.98 Å². The molecule has 1 saturated carbocycles. The summed E-state index contributed by atoms with van der Waals surface area (Å²) in [7, 11) is 0. The number of nitrogens with one attached hydrogen (secondary N) is 1. The van der Waals surface area contributed by atoms with Crippen molar-refractivity contribution >= 4 is 12.0 Å². The topological polar surface area (TPSA) is 75.4 Å². The zero-order valence-corrected chi connectivity index (χ0v) is 12.4. The Morgan fingerprint density at radius 1 is 1.23 bits per heavy atom.